The van der Waals surface area contributed by atoms with Crippen LogP contribution >= 0.6 is 0 Å². The number of aryl methyl sites for hydroxylation is 4. The number of rotatable bonds is 16. The van der Waals surface area contributed by atoms with E-state index in [4.69, 9.17) is 6.85 Å². The van der Waals surface area contributed by atoms with Crippen molar-refractivity contribution in [2.24, 2.45) is 0 Å². The molecule has 0 saturated carbocycles. The summed E-state index contributed by atoms with van der Waals surface area (Å²) >= 11 is 0. The van der Waals surface area contributed by atoms with Crippen LogP contribution in [0.3, 0.4) is 0 Å². The molecule has 5 heteroatoms. The standard InChI is InChI=1S/C82H91BN4/c1-14-18-30-54-46-58(80(5,6)7)47-55(31-19-15-2)78(54)86-73-52-61(84-69-38-26-22-34-63(69)64-35-23-27-39-70(64)84)42-44-67(73)83-68-45-43-62(85-71-40-28-24-36-65(71)66-37-25-29-41-72(66)85)53-74(68)87(76-51-60(82(11,12)13)50-75(86)77(76)83)79-56(32-20-16-3)48-59(81(8,9)10)49-57(79)33-21-17-4/h22-29,34-53H,14-21,30-33H2,1-13H3/i22D,23D,24D,25D,26D,27D,28D,29D,34D,35D,36D,37D,38D,39D,40D,42D,43D,44D,45D,50D,51D,52D,53D. The Morgan fingerprint density at radius 1 is 0.368 bits per heavy atom. The highest BCUT2D eigenvalue weighted by Gasteiger charge is 2.46. The second kappa shape index (κ2) is 22.8. The summed E-state index contributed by atoms with van der Waals surface area (Å²) in [5.74, 6) is 0. The average Bonchev–Trinajstić information content (AvgIpc) is 0.683. The van der Waals surface area contributed by atoms with E-state index >= 15 is 0 Å². The molecule has 87 heavy (non-hydrogen) atoms. The SMILES string of the molecule is [2H]c1cc2c(c([2H])c1[2H])c1c([2H])c([2H])c([2H])c([2H])c1n2-c1c([2H])c([2H])c2c(c1[2H])N(c1c(CCCC)cc(C(C)(C)C)cc1CCCC)c1c([2H])c(C(C)(C)C)c([2H])c3c1B2c1c([2H])c([2H])c(-n2c4c([2H])c([2H])c([2H])c([2H])c4c4c([2H])c([2H])c([2H])c([2H])c42)c([2H])c1N3c1c(CCCC)cc(C(C)(C)C)cc1CCCC. The molecule has 0 unspecified atom stereocenters. The fraction of sp³-hybridized carbons (Fsp3) is 0.341. The van der Waals surface area contributed by atoms with Crippen LogP contribution in [0.5, 0.6) is 0 Å². The van der Waals surface area contributed by atoms with Gasteiger partial charge in [0.15, 0.2) is 0 Å². The first kappa shape index (κ1) is 37.2. The lowest BCUT2D eigenvalue weighted by Gasteiger charge is -2.47. The summed E-state index contributed by atoms with van der Waals surface area (Å²) in [6.45, 7) is 24.9. The summed E-state index contributed by atoms with van der Waals surface area (Å²) in [7, 11) is 0. The summed E-state index contributed by atoms with van der Waals surface area (Å²) in [5.41, 5.74) is 1.66. The number of fused-ring (bicyclic) bond motifs is 10. The molecule has 0 saturated heterocycles. The maximum Gasteiger partial charge on any atom is 0.252 e. The van der Waals surface area contributed by atoms with Crippen LogP contribution in [0.2, 0.25) is 0 Å². The summed E-state index contributed by atoms with van der Waals surface area (Å²) in [6.07, 6.45) is 7.19. The fourth-order valence-corrected chi connectivity index (χ4v) is 13.0. The molecule has 2 aliphatic heterocycles. The molecule has 13 rings (SSSR count). The van der Waals surface area contributed by atoms with Crippen molar-refractivity contribution in [1.82, 2.24) is 9.13 Å². The van der Waals surface area contributed by atoms with Gasteiger partial charge in [-0.2, -0.15) is 0 Å². The van der Waals surface area contributed by atoms with Gasteiger partial charge in [0.2, 0.25) is 0 Å². The van der Waals surface area contributed by atoms with Crippen LogP contribution in [0.15, 0.2) is 169 Å². The molecule has 4 heterocycles. The number of aromatic nitrogens is 2. The van der Waals surface area contributed by atoms with E-state index in [-0.39, 0.29) is 89.4 Å². The van der Waals surface area contributed by atoms with Crippen molar-refractivity contribution >= 4 is 101 Å². The molecule has 0 aliphatic carbocycles. The molecule has 4 nitrogen and oxygen atoms in total. The number of para-hydroxylation sites is 4. The number of nitrogens with zero attached hydrogens (tertiary/aromatic N) is 4. The van der Waals surface area contributed by atoms with Crippen LogP contribution in [0.1, 0.15) is 212 Å². The molecule has 442 valence electrons. The second-order valence-corrected chi connectivity index (χ2v) is 26.9. The normalized spacial score (nSPS) is 17.1. The van der Waals surface area contributed by atoms with Crippen LogP contribution < -0.4 is 26.2 Å². The summed E-state index contributed by atoms with van der Waals surface area (Å²) in [6, 6.07) is -4.63. The quantitative estimate of drug-likeness (QED) is 0.0897. The molecule has 0 bridgehead atoms. The number of unbranched alkanes of at least 4 members (excludes halogenated alkanes) is 4. The number of anilines is 6. The van der Waals surface area contributed by atoms with Gasteiger partial charge in [0, 0.05) is 55.7 Å². The van der Waals surface area contributed by atoms with E-state index in [0.717, 1.165) is 63.6 Å². The van der Waals surface area contributed by atoms with E-state index in [1.165, 1.54) is 10.6 Å². The van der Waals surface area contributed by atoms with Gasteiger partial charge in [0.1, 0.15) is 0 Å². The Hall–Kier alpha value is -7.76. The van der Waals surface area contributed by atoms with Gasteiger partial charge in [-0.25, -0.2) is 0 Å². The maximum atomic E-state index is 11.5. The Balaban J connectivity index is 1.37. The zero-order valence-electron chi connectivity index (χ0n) is 75.7. The van der Waals surface area contributed by atoms with E-state index in [0.29, 0.717) is 62.7 Å². The predicted octanol–water partition coefficient (Wildman–Crippen LogP) is 21.2. The summed E-state index contributed by atoms with van der Waals surface area (Å²) in [4.78, 5) is 3.63. The van der Waals surface area contributed by atoms with Gasteiger partial charge >= 0.3 is 0 Å². The van der Waals surface area contributed by atoms with Crippen molar-refractivity contribution < 1.29 is 31.5 Å². The van der Waals surface area contributed by atoms with E-state index < -0.39 is 172 Å². The number of hydrogen-bond donors (Lipinski definition) is 0. The van der Waals surface area contributed by atoms with Crippen molar-refractivity contribution in [3.8, 4) is 11.4 Å². The van der Waals surface area contributed by atoms with Crippen molar-refractivity contribution in [2.45, 2.75) is 183 Å². The lowest BCUT2D eigenvalue weighted by Crippen LogP contribution is -2.61. The molecular formula is C82H91BN4. The first-order valence-corrected chi connectivity index (χ1v) is 31.4. The van der Waals surface area contributed by atoms with Gasteiger partial charge in [-0.3, -0.25) is 0 Å². The van der Waals surface area contributed by atoms with E-state index in [1.54, 1.807) is 4.90 Å². The molecule has 0 spiro atoms. The summed E-state index contributed by atoms with van der Waals surface area (Å²) < 4.78 is 232. The molecule has 0 fully saturated rings. The maximum absolute atomic E-state index is 11.5. The fourth-order valence-electron chi connectivity index (χ4n) is 13.0. The minimum atomic E-state index is -1.70. The van der Waals surface area contributed by atoms with Gasteiger partial charge in [0.25, 0.3) is 6.71 Å². The Bertz CT molecular complexity index is 5680. The second-order valence-electron chi connectivity index (χ2n) is 26.9. The average molecular weight is 1170 g/mol. The monoisotopic (exact) mass is 1170 g/mol. The molecular weight excluding hydrogens is 1050 g/mol. The van der Waals surface area contributed by atoms with Crippen molar-refractivity contribution in [3.05, 3.63) is 208 Å². The lowest BCUT2D eigenvalue weighted by molar-refractivity contribution is 0.587. The van der Waals surface area contributed by atoms with E-state index in [9.17, 15) is 24.7 Å². The number of hydrogen-bond acceptors (Lipinski definition) is 2. The Labute approximate surface area is 552 Å². The molecule has 0 atom stereocenters. The minimum absolute atomic E-state index is 0.0873. The smallest absolute Gasteiger partial charge is 0.252 e. The van der Waals surface area contributed by atoms with Crippen LogP contribution in [0, 0.1) is 0 Å². The topological polar surface area (TPSA) is 16.3 Å². The van der Waals surface area contributed by atoms with Gasteiger partial charge in [-0.1, -0.05) is 225 Å². The van der Waals surface area contributed by atoms with Crippen molar-refractivity contribution in [2.75, 3.05) is 9.80 Å². The highest BCUT2D eigenvalue weighted by Crippen LogP contribution is 2.52. The third-order valence-electron chi connectivity index (χ3n) is 17.6. The minimum Gasteiger partial charge on any atom is -0.311 e. The van der Waals surface area contributed by atoms with Crippen molar-refractivity contribution in [1.29, 1.82) is 0 Å². The van der Waals surface area contributed by atoms with Crippen LogP contribution in [0.4, 0.5) is 34.1 Å². The molecule has 0 amide bonds. The molecule has 9 aromatic carbocycles. The highest BCUT2D eigenvalue weighted by molar-refractivity contribution is 7.00. The Kier molecular flexibility index (Phi) is 9.72. The molecule has 11 aromatic rings. The van der Waals surface area contributed by atoms with Gasteiger partial charge in [0.05, 0.1) is 65.0 Å². The summed E-state index contributed by atoms with van der Waals surface area (Å²) in [5, 5.41) is -1.10. The van der Waals surface area contributed by atoms with Gasteiger partial charge in [-0.05, 0) is 183 Å². The first-order valence-electron chi connectivity index (χ1n) is 42.9. The lowest BCUT2D eigenvalue weighted by atomic mass is 9.33. The van der Waals surface area contributed by atoms with E-state index in [2.05, 4.69) is 93.5 Å². The largest absolute Gasteiger partial charge is 0.311 e. The zero-order valence-corrected chi connectivity index (χ0v) is 52.7. The van der Waals surface area contributed by atoms with Crippen molar-refractivity contribution in [3.63, 3.8) is 0 Å². The molecule has 2 aromatic heterocycles. The highest BCUT2D eigenvalue weighted by atomic mass is 15.2. The van der Waals surface area contributed by atoms with Crippen LogP contribution in [0.25, 0.3) is 55.0 Å². The molecule has 0 radical (unpaired) electrons. The number of benzene rings is 9. The third kappa shape index (κ3) is 10.1. The third-order valence-corrected chi connectivity index (χ3v) is 17.6. The van der Waals surface area contributed by atoms with Gasteiger partial charge < -0.3 is 18.9 Å². The van der Waals surface area contributed by atoms with E-state index in [1.807, 2.05) is 25.7 Å². The Morgan fingerprint density at radius 2 is 0.701 bits per heavy atom. The first-order chi connectivity index (χ1) is 51.5. The predicted molar refractivity (Wildman–Crippen MR) is 380 cm³/mol. The zero-order chi connectivity index (χ0) is 80.7. The molecule has 2 aliphatic rings. The van der Waals surface area contributed by atoms with Crippen LogP contribution in [-0.4, -0.2) is 15.8 Å². The molecule has 0 N–H and O–H groups in total. The van der Waals surface area contributed by atoms with Gasteiger partial charge in [-0.15, -0.1) is 0 Å². The Morgan fingerprint density at radius 3 is 1.06 bits per heavy atom. The van der Waals surface area contributed by atoms with Crippen LogP contribution in [-0.2, 0) is 41.9 Å².